The molecule has 1 aromatic heterocycles. The van der Waals surface area contributed by atoms with Crippen molar-refractivity contribution in [2.24, 2.45) is 4.99 Å². The van der Waals surface area contributed by atoms with Gasteiger partial charge in [0.1, 0.15) is 5.58 Å². The number of aromatic hydroxyl groups is 1. The maximum atomic E-state index is 12.5. The number of phenolic OH excluding ortho intramolecular Hbond substituents is 1. The van der Waals surface area contributed by atoms with Gasteiger partial charge in [0.05, 0.1) is 23.9 Å². The number of hydrogen-bond acceptors (Lipinski definition) is 5. The van der Waals surface area contributed by atoms with Crippen LogP contribution in [0.1, 0.15) is 5.56 Å². The van der Waals surface area contributed by atoms with E-state index < -0.39 is 5.63 Å². The normalized spacial score (nSPS) is 11.3. The molecule has 0 aliphatic rings. The van der Waals surface area contributed by atoms with Crippen LogP contribution >= 0.6 is 31.9 Å². The molecule has 3 aromatic carbocycles. The van der Waals surface area contributed by atoms with Gasteiger partial charge in [-0.05, 0) is 67.8 Å². The molecule has 0 fully saturated rings. The molecule has 30 heavy (non-hydrogen) atoms. The zero-order valence-electron chi connectivity index (χ0n) is 15.7. The first-order valence-corrected chi connectivity index (χ1v) is 10.5. The van der Waals surface area contributed by atoms with Gasteiger partial charge in [-0.1, -0.05) is 30.3 Å². The van der Waals surface area contributed by atoms with Crippen molar-refractivity contribution in [2.75, 3.05) is 7.11 Å². The minimum Gasteiger partial charge on any atom is -0.504 e. The molecule has 0 aliphatic heterocycles. The highest BCUT2D eigenvalue weighted by Gasteiger charge is 2.14. The molecule has 1 heterocycles. The van der Waals surface area contributed by atoms with Crippen LogP contribution in [0, 0.1) is 0 Å². The molecule has 4 rings (SSSR count). The van der Waals surface area contributed by atoms with Gasteiger partial charge in [0, 0.05) is 20.5 Å². The van der Waals surface area contributed by atoms with Gasteiger partial charge in [0.15, 0.2) is 11.5 Å². The van der Waals surface area contributed by atoms with Gasteiger partial charge in [-0.3, -0.25) is 4.99 Å². The predicted octanol–water partition coefficient (Wildman–Crippen LogP) is 6.45. The largest absolute Gasteiger partial charge is 0.504 e. The van der Waals surface area contributed by atoms with E-state index in [1.165, 1.54) is 13.3 Å². The minimum atomic E-state index is -0.410. The SMILES string of the molecule is COc1cc(Br)c(Br)c(C=Nc2cccc(-c3cc4ccccc4oc3=O)c2)c1O. The van der Waals surface area contributed by atoms with Crippen LogP contribution in [0.2, 0.25) is 0 Å². The summed E-state index contributed by atoms with van der Waals surface area (Å²) < 4.78 is 12.0. The Hall–Kier alpha value is -2.90. The third-order valence-electron chi connectivity index (χ3n) is 4.55. The van der Waals surface area contributed by atoms with E-state index in [-0.39, 0.29) is 5.75 Å². The summed E-state index contributed by atoms with van der Waals surface area (Å²) in [5.41, 5.74) is 2.37. The van der Waals surface area contributed by atoms with E-state index in [9.17, 15) is 9.90 Å². The Morgan fingerprint density at radius 1 is 1.07 bits per heavy atom. The zero-order valence-corrected chi connectivity index (χ0v) is 18.9. The van der Waals surface area contributed by atoms with Crippen LogP contribution in [0.5, 0.6) is 11.5 Å². The fraction of sp³-hybridized carbons (Fsp3) is 0.0435. The molecule has 0 spiro atoms. The zero-order chi connectivity index (χ0) is 21.3. The first kappa shape index (κ1) is 20.4. The Morgan fingerprint density at radius 3 is 2.67 bits per heavy atom. The maximum absolute atomic E-state index is 12.5. The summed E-state index contributed by atoms with van der Waals surface area (Å²) in [4.78, 5) is 16.9. The van der Waals surface area contributed by atoms with Crippen LogP contribution < -0.4 is 10.4 Å². The van der Waals surface area contributed by atoms with Gasteiger partial charge < -0.3 is 14.3 Å². The van der Waals surface area contributed by atoms with Crippen molar-refractivity contribution in [3.63, 3.8) is 0 Å². The van der Waals surface area contributed by atoms with Crippen molar-refractivity contribution in [1.29, 1.82) is 0 Å². The van der Waals surface area contributed by atoms with E-state index in [1.807, 2.05) is 42.5 Å². The Morgan fingerprint density at radius 2 is 1.87 bits per heavy atom. The van der Waals surface area contributed by atoms with Crippen molar-refractivity contribution >= 4 is 54.7 Å². The maximum Gasteiger partial charge on any atom is 0.344 e. The van der Waals surface area contributed by atoms with Gasteiger partial charge in [-0.2, -0.15) is 0 Å². The number of fused-ring (bicyclic) bond motifs is 1. The summed E-state index contributed by atoms with van der Waals surface area (Å²) in [5.74, 6) is 0.303. The van der Waals surface area contributed by atoms with Crippen molar-refractivity contribution in [2.45, 2.75) is 0 Å². The smallest absolute Gasteiger partial charge is 0.344 e. The lowest BCUT2D eigenvalue weighted by Crippen LogP contribution is -2.02. The number of methoxy groups -OCH3 is 1. The molecule has 0 saturated heterocycles. The molecule has 0 atom stereocenters. The molecule has 150 valence electrons. The van der Waals surface area contributed by atoms with Gasteiger partial charge in [-0.15, -0.1) is 0 Å². The second kappa shape index (κ2) is 8.45. The van der Waals surface area contributed by atoms with Crippen LogP contribution in [0.4, 0.5) is 5.69 Å². The Kier molecular flexibility index (Phi) is 5.74. The number of benzene rings is 3. The van der Waals surface area contributed by atoms with Crippen LogP contribution in [0.15, 0.2) is 83.8 Å². The second-order valence-corrected chi connectivity index (χ2v) is 8.08. The molecule has 0 amide bonds. The number of aliphatic imine (C=N–C) groups is 1. The number of ether oxygens (including phenoxy) is 1. The van der Waals surface area contributed by atoms with Crippen molar-refractivity contribution < 1.29 is 14.3 Å². The fourth-order valence-corrected chi connectivity index (χ4v) is 3.87. The number of para-hydroxylation sites is 1. The summed E-state index contributed by atoms with van der Waals surface area (Å²) in [6.45, 7) is 0. The quantitative estimate of drug-likeness (QED) is 0.244. The van der Waals surface area contributed by atoms with Crippen molar-refractivity contribution in [3.8, 4) is 22.6 Å². The van der Waals surface area contributed by atoms with Crippen LogP contribution in [-0.4, -0.2) is 18.4 Å². The van der Waals surface area contributed by atoms with Crippen LogP contribution in [0.3, 0.4) is 0 Å². The molecule has 5 nitrogen and oxygen atoms in total. The first-order chi connectivity index (χ1) is 14.5. The van der Waals surface area contributed by atoms with E-state index >= 15 is 0 Å². The summed E-state index contributed by atoms with van der Waals surface area (Å²) in [7, 11) is 1.48. The minimum absolute atomic E-state index is 0.0253. The van der Waals surface area contributed by atoms with E-state index in [1.54, 1.807) is 18.2 Å². The Balaban J connectivity index is 1.75. The third-order valence-corrected chi connectivity index (χ3v) is 6.57. The summed E-state index contributed by atoms with van der Waals surface area (Å²) >= 11 is 6.87. The standard InChI is InChI=1S/C23H15Br2NO4/c1-29-20-11-18(24)21(25)17(22(20)27)12-26-15-7-4-6-13(9-15)16-10-14-5-2-3-8-19(14)30-23(16)28/h2-12,27H,1H3. The summed E-state index contributed by atoms with van der Waals surface area (Å²) in [6.07, 6.45) is 1.54. The molecule has 7 heteroatoms. The van der Waals surface area contributed by atoms with Gasteiger partial charge in [-0.25, -0.2) is 4.79 Å². The average molecular weight is 529 g/mol. The lowest BCUT2D eigenvalue weighted by Gasteiger charge is -2.10. The molecule has 0 bridgehead atoms. The van der Waals surface area contributed by atoms with Crippen molar-refractivity contribution in [3.05, 3.63) is 85.6 Å². The van der Waals surface area contributed by atoms with Gasteiger partial charge in [0.25, 0.3) is 0 Å². The van der Waals surface area contributed by atoms with E-state index in [0.717, 1.165) is 9.86 Å². The summed E-state index contributed by atoms with van der Waals surface area (Å²) in [6, 6.07) is 18.1. The lowest BCUT2D eigenvalue weighted by atomic mass is 10.1. The average Bonchev–Trinajstić information content (AvgIpc) is 2.76. The monoisotopic (exact) mass is 527 g/mol. The topological polar surface area (TPSA) is 72.0 Å². The summed E-state index contributed by atoms with van der Waals surface area (Å²) in [5, 5.41) is 11.3. The van der Waals surface area contributed by atoms with E-state index in [0.29, 0.717) is 38.2 Å². The number of halogens is 2. The number of hydrogen-bond donors (Lipinski definition) is 1. The highest BCUT2D eigenvalue weighted by Crippen LogP contribution is 2.39. The third kappa shape index (κ3) is 3.91. The van der Waals surface area contributed by atoms with Crippen LogP contribution in [0.25, 0.3) is 22.1 Å². The fourth-order valence-electron chi connectivity index (χ4n) is 3.04. The van der Waals surface area contributed by atoms with E-state index in [2.05, 4.69) is 36.9 Å². The second-order valence-electron chi connectivity index (χ2n) is 6.43. The highest BCUT2D eigenvalue weighted by atomic mass is 79.9. The Labute approximate surface area is 188 Å². The molecule has 0 saturated carbocycles. The molecule has 0 aliphatic carbocycles. The predicted molar refractivity (Wildman–Crippen MR) is 125 cm³/mol. The number of phenols is 1. The van der Waals surface area contributed by atoms with Crippen LogP contribution in [-0.2, 0) is 0 Å². The van der Waals surface area contributed by atoms with Gasteiger partial charge in [0.2, 0.25) is 0 Å². The number of rotatable bonds is 4. The molecular formula is C23H15Br2NO4. The molecule has 4 aromatic rings. The molecule has 1 N–H and O–H groups in total. The highest BCUT2D eigenvalue weighted by molar-refractivity contribution is 9.13. The van der Waals surface area contributed by atoms with E-state index in [4.69, 9.17) is 9.15 Å². The van der Waals surface area contributed by atoms with Gasteiger partial charge >= 0.3 is 5.63 Å². The lowest BCUT2D eigenvalue weighted by molar-refractivity contribution is 0.372. The van der Waals surface area contributed by atoms with Crippen molar-refractivity contribution in [1.82, 2.24) is 0 Å². The number of nitrogens with zero attached hydrogens (tertiary/aromatic N) is 1. The molecular weight excluding hydrogens is 514 g/mol. The first-order valence-electron chi connectivity index (χ1n) is 8.90. The molecule has 0 unspecified atom stereocenters. The Bertz CT molecular complexity index is 1350. The molecule has 0 radical (unpaired) electrons.